The molecule has 1 fully saturated rings. The van der Waals surface area contributed by atoms with Gasteiger partial charge in [-0.1, -0.05) is 60.7 Å². The first kappa shape index (κ1) is 25.1. The van der Waals surface area contributed by atoms with E-state index in [4.69, 9.17) is 14.6 Å². The standard InChI is InChI=1S/C31H35N3O3/c1-23-28(22-33(20-25-17-18-25)21-27(35)19-24-11-5-3-6-12-24)31(34(32-23)26-13-7-4-8-14-26)37-30-16-10-9-15-29(30)36-2/h3-16,25,27,35H,17-22H2,1-2H3. The number of aliphatic hydroxyl groups excluding tert-OH is 1. The van der Waals surface area contributed by atoms with E-state index in [0.717, 1.165) is 29.1 Å². The van der Waals surface area contributed by atoms with Crippen LogP contribution >= 0.6 is 0 Å². The number of rotatable bonds is 12. The summed E-state index contributed by atoms with van der Waals surface area (Å²) >= 11 is 0. The molecule has 1 aliphatic carbocycles. The molecule has 1 aliphatic rings. The van der Waals surface area contributed by atoms with E-state index in [1.807, 2.05) is 84.4 Å². The summed E-state index contributed by atoms with van der Waals surface area (Å²) in [6.45, 7) is 4.22. The first-order chi connectivity index (χ1) is 18.1. The fraction of sp³-hybridized carbons (Fsp3) is 0.323. The van der Waals surface area contributed by atoms with Crippen LogP contribution in [0.25, 0.3) is 5.69 Å². The molecule has 0 amide bonds. The van der Waals surface area contributed by atoms with Crippen molar-refractivity contribution in [2.75, 3.05) is 20.2 Å². The molecule has 1 N–H and O–H groups in total. The number of hydrogen-bond donors (Lipinski definition) is 1. The van der Waals surface area contributed by atoms with Crippen LogP contribution in [0.3, 0.4) is 0 Å². The molecule has 1 unspecified atom stereocenters. The zero-order valence-corrected chi connectivity index (χ0v) is 21.6. The quantitative estimate of drug-likeness (QED) is 0.268. The van der Waals surface area contributed by atoms with E-state index < -0.39 is 6.10 Å². The molecule has 0 saturated heterocycles. The average molecular weight is 498 g/mol. The summed E-state index contributed by atoms with van der Waals surface area (Å²) in [5, 5.41) is 15.9. The van der Waals surface area contributed by atoms with Crippen LogP contribution in [0.4, 0.5) is 0 Å². The molecule has 6 heteroatoms. The van der Waals surface area contributed by atoms with Gasteiger partial charge in [-0.25, -0.2) is 4.68 Å². The molecule has 1 heterocycles. The minimum Gasteiger partial charge on any atom is -0.493 e. The van der Waals surface area contributed by atoms with Crippen molar-refractivity contribution in [1.29, 1.82) is 0 Å². The maximum Gasteiger partial charge on any atom is 0.227 e. The van der Waals surface area contributed by atoms with Crippen molar-refractivity contribution in [3.8, 4) is 23.1 Å². The predicted molar refractivity (Wildman–Crippen MR) is 146 cm³/mol. The van der Waals surface area contributed by atoms with Crippen LogP contribution < -0.4 is 9.47 Å². The molecule has 1 saturated carbocycles. The van der Waals surface area contributed by atoms with Gasteiger partial charge in [0.15, 0.2) is 11.5 Å². The maximum absolute atomic E-state index is 11.0. The van der Waals surface area contributed by atoms with E-state index in [1.54, 1.807) is 7.11 Å². The first-order valence-electron chi connectivity index (χ1n) is 13.0. The number of aliphatic hydroxyl groups is 1. The summed E-state index contributed by atoms with van der Waals surface area (Å²) in [6.07, 6.45) is 2.68. The third-order valence-electron chi connectivity index (χ3n) is 6.79. The van der Waals surface area contributed by atoms with E-state index in [9.17, 15) is 5.11 Å². The molecular weight excluding hydrogens is 462 g/mol. The summed E-state index contributed by atoms with van der Waals surface area (Å²) in [5.41, 5.74) is 4.00. The van der Waals surface area contributed by atoms with Gasteiger partial charge in [0, 0.05) is 19.6 Å². The van der Waals surface area contributed by atoms with Gasteiger partial charge in [0.25, 0.3) is 0 Å². The molecule has 5 rings (SSSR count). The Morgan fingerprint density at radius 3 is 2.27 bits per heavy atom. The van der Waals surface area contributed by atoms with Crippen LogP contribution in [0.1, 0.15) is 29.7 Å². The van der Waals surface area contributed by atoms with E-state index in [0.29, 0.717) is 42.8 Å². The molecule has 192 valence electrons. The van der Waals surface area contributed by atoms with Gasteiger partial charge in [-0.05, 0) is 61.9 Å². The largest absolute Gasteiger partial charge is 0.493 e. The molecule has 0 aliphatic heterocycles. The Bertz CT molecular complexity index is 1290. The first-order valence-corrected chi connectivity index (χ1v) is 13.0. The van der Waals surface area contributed by atoms with Crippen LogP contribution in [0.15, 0.2) is 84.9 Å². The summed E-state index contributed by atoms with van der Waals surface area (Å²) < 4.78 is 14.0. The van der Waals surface area contributed by atoms with Gasteiger partial charge in [-0.3, -0.25) is 4.90 Å². The van der Waals surface area contributed by atoms with Crippen molar-refractivity contribution in [1.82, 2.24) is 14.7 Å². The van der Waals surface area contributed by atoms with Crippen LogP contribution in [0.2, 0.25) is 0 Å². The number of ether oxygens (including phenoxy) is 2. The molecular formula is C31H35N3O3. The highest BCUT2D eigenvalue weighted by Crippen LogP contribution is 2.37. The third-order valence-corrected chi connectivity index (χ3v) is 6.79. The predicted octanol–water partition coefficient (Wildman–Crippen LogP) is 5.80. The molecule has 0 spiro atoms. The van der Waals surface area contributed by atoms with E-state index in [2.05, 4.69) is 17.0 Å². The normalized spacial score (nSPS) is 14.1. The van der Waals surface area contributed by atoms with Gasteiger partial charge in [-0.15, -0.1) is 0 Å². The van der Waals surface area contributed by atoms with Crippen LogP contribution in [-0.2, 0) is 13.0 Å². The van der Waals surface area contributed by atoms with Crippen LogP contribution in [0.5, 0.6) is 17.4 Å². The second-order valence-corrected chi connectivity index (χ2v) is 9.85. The van der Waals surface area contributed by atoms with E-state index >= 15 is 0 Å². The number of aromatic nitrogens is 2. The Kier molecular flexibility index (Phi) is 7.87. The Labute approximate surface area is 219 Å². The third kappa shape index (κ3) is 6.40. The lowest BCUT2D eigenvalue weighted by atomic mass is 10.1. The topological polar surface area (TPSA) is 59.8 Å². The monoisotopic (exact) mass is 497 g/mol. The smallest absolute Gasteiger partial charge is 0.227 e. The molecule has 4 aromatic rings. The van der Waals surface area contributed by atoms with E-state index in [1.165, 1.54) is 12.8 Å². The molecule has 1 atom stereocenters. The van der Waals surface area contributed by atoms with Gasteiger partial charge in [0.1, 0.15) is 0 Å². The van der Waals surface area contributed by atoms with Gasteiger partial charge >= 0.3 is 0 Å². The summed E-state index contributed by atoms with van der Waals surface area (Å²) in [7, 11) is 1.65. The average Bonchev–Trinajstić information content (AvgIpc) is 3.69. The highest BCUT2D eigenvalue weighted by Gasteiger charge is 2.28. The molecule has 3 aromatic carbocycles. The number of para-hydroxylation sites is 3. The second-order valence-electron chi connectivity index (χ2n) is 9.85. The van der Waals surface area contributed by atoms with Crippen molar-refractivity contribution in [2.24, 2.45) is 5.92 Å². The number of nitrogens with zero attached hydrogens (tertiary/aromatic N) is 3. The Balaban J connectivity index is 1.45. The van der Waals surface area contributed by atoms with Crippen molar-refractivity contribution in [3.63, 3.8) is 0 Å². The minimum atomic E-state index is -0.454. The highest BCUT2D eigenvalue weighted by molar-refractivity contribution is 5.47. The Morgan fingerprint density at radius 1 is 0.946 bits per heavy atom. The zero-order valence-electron chi connectivity index (χ0n) is 21.6. The van der Waals surface area contributed by atoms with Crippen molar-refractivity contribution < 1.29 is 14.6 Å². The van der Waals surface area contributed by atoms with Gasteiger partial charge in [-0.2, -0.15) is 5.10 Å². The Hall–Kier alpha value is -3.61. The number of hydrogen-bond acceptors (Lipinski definition) is 5. The zero-order chi connectivity index (χ0) is 25.6. The second kappa shape index (κ2) is 11.6. The van der Waals surface area contributed by atoms with Crippen molar-refractivity contribution in [2.45, 2.75) is 38.8 Å². The summed E-state index contributed by atoms with van der Waals surface area (Å²) in [5.74, 6) is 2.67. The van der Waals surface area contributed by atoms with Crippen molar-refractivity contribution in [3.05, 3.63) is 102 Å². The number of methoxy groups -OCH3 is 1. The van der Waals surface area contributed by atoms with Gasteiger partial charge in [0.05, 0.1) is 30.2 Å². The van der Waals surface area contributed by atoms with Crippen LogP contribution in [-0.4, -0.2) is 46.1 Å². The SMILES string of the molecule is COc1ccccc1Oc1c(CN(CC(O)Cc2ccccc2)CC2CC2)c(C)nn1-c1ccccc1. The van der Waals surface area contributed by atoms with Gasteiger partial charge < -0.3 is 14.6 Å². The fourth-order valence-electron chi connectivity index (χ4n) is 4.72. The highest BCUT2D eigenvalue weighted by atomic mass is 16.5. The maximum atomic E-state index is 11.0. The number of benzene rings is 3. The lowest BCUT2D eigenvalue weighted by Crippen LogP contribution is -2.35. The molecule has 1 aromatic heterocycles. The minimum absolute atomic E-state index is 0.454. The molecule has 6 nitrogen and oxygen atoms in total. The number of aryl methyl sites for hydroxylation is 1. The summed E-state index contributed by atoms with van der Waals surface area (Å²) in [6, 6.07) is 27.9. The Morgan fingerprint density at radius 2 is 1.59 bits per heavy atom. The molecule has 0 radical (unpaired) electrons. The summed E-state index contributed by atoms with van der Waals surface area (Å²) in [4.78, 5) is 2.36. The lowest BCUT2D eigenvalue weighted by molar-refractivity contribution is 0.105. The van der Waals surface area contributed by atoms with Crippen molar-refractivity contribution >= 4 is 0 Å². The van der Waals surface area contributed by atoms with Gasteiger partial charge in [0.2, 0.25) is 5.88 Å². The fourth-order valence-corrected chi connectivity index (χ4v) is 4.72. The molecule has 0 bridgehead atoms. The molecule has 37 heavy (non-hydrogen) atoms. The lowest BCUT2D eigenvalue weighted by Gasteiger charge is -2.25. The van der Waals surface area contributed by atoms with E-state index in [-0.39, 0.29) is 0 Å². The van der Waals surface area contributed by atoms with Crippen LogP contribution in [0, 0.1) is 12.8 Å².